The van der Waals surface area contributed by atoms with Crippen molar-refractivity contribution in [2.45, 2.75) is 19.1 Å². The fourth-order valence-electron chi connectivity index (χ4n) is 0.998. The number of benzene rings is 1. The zero-order valence-electron chi connectivity index (χ0n) is 6.87. The van der Waals surface area contributed by atoms with E-state index in [9.17, 15) is 9.50 Å². The van der Waals surface area contributed by atoms with Crippen LogP contribution < -0.4 is 5.73 Å². The molecule has 0 aliphatic carbocycles. The number of aliphatic hydroxyl groups is 1. The van der Waals surface area contributed by atoms with E-state index in [0.717, 1.165) is 0 Å². The smallest absolute Gasteiger partial charge is 0.129 e. The van der Waals surface area contributed by atoms with Crippen LogP contribution in [0.25, 0.3) is 0 Å². The molecule has 3 N–H and O–H groups in total. The van der Waals surface area contributed by atoms with Crippen molar-refractivity contribution in [3.05, 3.63) is 35.6 Å². The predicted octanol–water partition coefficient (Wildman–Crippen LogP) is 1.21. The summed E-state index contributed by atoms with van der Waals surface area (Å²) in [6.45, 7) is 1.64. The molecule has 0 unspecified atom stereocenters. The summed E-state index contributed by atoms with van der Waals surface area (Å²) in [7, 11) is 0. The van der Waals surface area contributed by atoms with Crippen LogP contribution in [0, 0.1) is 5.82 Å². The van der Waals surface area contributed by atoms with E-state index in [2.05, 4.69) is 0 Å². The Hall–Kier alpha value is -0.930. The van der Waals surface area contributed by atoms with Gasteiger partial charge in [-0.2, -0.15) is 0 Å². The summed E-state index contributed by atoms with van der Waals surface area (Å²) in [5.74, 6) is -0.415. The summed E-state index contributed by atoms with van der Waals surface area (Å²) >= 11 is 0. The van der Waals surface area contributed by atoms with E-state index in [1.807, 2.05) is 0 Å². The van der Waals surface area contributed by atoms with Crippen molar-refractivity contribution in [2.24, 2.45) is 5.73 Å². The lowest BCUT2D eigenvalue weighted by Crippen LogP contribution is -2.25. The van der Waals surface area contributed by atoms with Gasteiger partial charge in [0.2, 0.25) is 0 Å². The molecular weight excluding hydrogens is 157 g/mol. The first-order chi connectivity index (χ1) is 5.63. The molecule has 0 saturated heterocycles. The molecule has 0 amide bonds. The Bertz CT molecular complexity index is 262. The van der Waals surface area contributed by atoms with E-state index in [-0.39, 0.29) is 5.56 Å². The minimum absolute atomic E-state index is 0.257. The Morgan fingerprint density at radius 3 is 2.50 bits per heavy atom. The summed E-state index contributed by atoms with van der Waals surface area (Å²) in [6.07, 6.45) is -0.925. The molecule has 12 heavy (non-hydrogen) atoms. The van der Waals surface area contributed by atoms with Crippen LogP contribution in [0.15, 0.2) is 24.3 Å². The van der Waals surface area contributed by atoms with Gasteiger partial charge in [-0.1, -0.05) is 18.2 Å². The van der Waals surface area contributed by atoms with Crippen LogP contribution in [-0.4, -0.2) is 11.1 Å². The minimum Gasteiger partial charge on any atom is -0.387 e. The second kappa shape index (κ2) is 3.65. The van der Waals surface area contributed by atoms with Gasteiger partial charge >= 0.3 is 0 Å². The Labute approximate surface area is 70.8 Å². The molecule has 0 saturated carbocycles. The number of halogens is 1. The van der Waals surface area contributed by atoms with E-state index in [1.54, 1.807) is 19.1 Å². The van der Waals surface area contributed by atoms with Gasteiger partial charge in [0.25, 0.3) is 0 Å². The maximum Gasteiger partial charge on any atom is 0.129 e. The lowest BCUT2D eigenvalue weighted by Gasteiger charge is -2.14. The summed E-state index contributed by atoms with van der Waals surface area (Å²) in [4.78, 5) is 0. The largest absolute Gasteiger partial charge is 0.387 e. The molecule has 3 heteroatoms. The standard InChI is InChI=1S/C9H12FNO/c1-6(11)9(12)7-4-2-3-5-8(7)10/h2-6,9,12H,11H2,1H3/t6-,9-/m0/s1. The van der Waals surface area contributed by atoms with Crippen LogP contribution in [0.2, 0.25) is 0 Å². The molecule has 66 valence electrons. The lowest BCUT2D eigenvalue weighted by molar-refractivity contribution is 0.149. The Morgan fingerprint density at radius 2 is 2.00 bits per heavy atom. The Kier molecular flexibility index (Phi) is 2.78. The van der Waals surface area contributed by atoms with Crippen LogP contribution >= 0.6 is 0 Å². The van der Waals surface area contributed by atoms with Gasteiger partial charge in [-0.05, 0) is 13.0 Å². The topological polar surface area (TPSA) is 46.2 Å². The molecule has 0 aromatic heterocycles. The van der Waals surface area contributed by atoms with E-state index >= 15 is 0 Å². The van der Waals surface area contributed by atoms with Crippen LogP contribution in [0.3, 0.4) is 0 Å². The molecule has 0 spiro atoms. The molecule has 1 aromatic carbocycles. The fourth-order valence-corrected chi connectivity index (χ4v) is 0.998. The summed E-state index contributed by atoms with van der Waals surface area (Å²) in [5.41, 5.74) is 5.68. The molecule has 0 radical (unpaired) electrons. The van der Waals surface area contributed by atoms with Gasteiger partial charge in [0.05, 0.1) is 6.10 Å². The average molecular weight is 169 g/mol. The van der Waals surface area contributed by atoms with Gasteiger partial charge < -0.3 is 10.8 Å². The highest BCUT2D eigenvalue weighted by molar-refractivity contribution is 5.20. The molecule has 0 aliphatic rings. The highest BCUT2D eigenvalue weighted by Crippen LogP contribution is 2.18. The minimum atomic E-state index is -0.925. The van der Waals surface area contributed by atoms with Crippen molar-refractivity contribution in [3.8, 4) is 0 Å². The highest BCUT2D eigenvalue weighted by Gasteiger charge is 2.15. The van der Waals surface area contributed by atoms with Crippen molar-refractivity contribution < 1.29 is 9.50 Å². The molecule has 2 atom stereocenters. The maximum absolute atomic E-state index is 13.0. The maximum atomic E-state index is 13.0. The van der Waals surface area contributed by atoms with Gasteiger partial charge in [-0.25, -0.2) is 4.39 Å². The quantitative estimate of drug-likeness (QED) is 0.699. The second-order valence-electron chi connectivity index (χ2n) is 2.83. The van der Waals surface area contributed by atoms with Crippen molar-refractivity contribution in [3.63, 3.8) is 0 Å². The average Bonchev–Trinajstić information content (AvgIpc) is 2.04. The van der Waals surface area contributed by atoms with Crippen molar-refractivity contribution >= 4 is 0 Å². The van der Waals surface area contributed by atoms with Crippen LogP contribution in [-0.2, 0) is 0 Å². The summed E-state index contributed by atoms with van der Waals surface area (Å²) in [5, 5.41) is 9.41. The van der Waals surface area contributed by atoms with Gasteiger partial charge in [0, 0.05) is 11.6 Å². The summed E-state index contributed by atoms with van der Waals surface area (Å²) in [6, 6.07) is 5.63. The first-order valence-electron chi connectivity index (χ1n) is 3.81. The normalized spacial score (nSPS) is 15.7. The molecule has 2 nitrogen and oxygen atoms in total. The number of nitrogens with two attached hydrogens (primary N) is 1. The Balaban J connectivity index is 2.94. The number of aliphatic hydroxyl groups excluding tert-OH is 1. The Morgan fingerprint density at radius 1 is 1.42 bits per heavy atom. The number of rotatable bonds is 2. The third-order valence-corrected chi connectivity index (χ3v) is 1.72. The third kappa shape index (κ3) is 1.81. The highest BCUT2D eigenvalue weighted by atomic mass is 19.1. The van der Waals surface area contributed by atoms with Crippen LogP contribution in [0.4, 0.5) is 4.39 Å². The molecule has 0 fully saturated rings. The van der Waals surface area contributed by atoms with E-state index in [4.69, 9.17) is 5.73 Å². The molecule has 1 aromatic rings. The second-order valence-corrected chi connectivity index (χ2v) is 2.83. The predicted molar refractivity (Wildman–Crippen MR) is 45.0 cm³/mol. The van der Waals surface area contributed by atoms with Gasteiger partial charge in [-0.3, -0.25) is 0 Å². The van der Waals surface area contributed by atoms with Crippen molar-refractivity contribution in [1.29, 1.82) is 0 Å². The lowest BCUT2D eigenvalue weighted by atomic mass is 10.0. The number of hydrogen-bond acceptors (Lipinski definition) is 2. The SMILES string of the molecule is C[C@H](N)[C@H](O)c1ccccc1F. The van der Waals surface area contributed by atoms with Crippen molar-refractivity contribution in [2.75, 3.05) is 0 Å². The molecule has 0 aliphatic heterocycles. The van der Waals surface area contributed by atoms with E-state index < -0.39 is 18.0 Å². The monoisotopic (exact) mass is 169 g/mol. The first kappa shape index (κ1) is 9.16. The number of hydrogen-bond donors (Lipinski definition) is 2. The van der Waals surface area contributed by atoms with Gasteiger partial charge in [-0.15, -0.1) is 0 Å². The van der Waals surface area contributed by atoms with Gasteiger partial charge in [0.15, 0.2) is 0 Å². The molecule has 0 heterocycles. The molecule has 0 bridgehead atoms. The molecule has 1 rings (SSSR count). The first-order valence-corrected chi connectivity index (χ1v) is 3.81. The van der Waals surface area contributed by atoms with E-state index in [1.165, 1.54) is 12.1 Å². The zero-order chi connectivity index (χ0) is 9.14. The summed E-state index contributed by atoms with van der Waals surface area (Å²) < 4.78 is 13.0. The zero-order valence-corrected chi connectivity index (χ0v) is 6.87. The third-order valence-electron chi connectivity index (χ3n) is 1.72. The fraction of sp³-hybridized carbons (Fsp3) is 0.333. The van der Waals surface area contributed by atoms with E-state index in [0.29, 0.717) is 0 Å². The van der Waals surface area contributed by atoms with Crippen LogP contribution in [0.1, 0.15) is 18.6 Å². The van der Waals surface area contributed by atoms with Crippen LogP contribution in [0.5, 0.6) is 0 Å². The molecular formula is C9H12FNO. The van der Waals surface area contributed by atoms with Gasteiger partial charge in [0.1, 0.15) is 5.82 Å². The van der Waals surface area contributed by atoms with Crippen molar-refractivity contribution in [1.82, 2.24) is 0 Å².